The van der Waals surface area contributed by atoms with Gasteiger partial charge < -0.3 is 0 Å². The van der Waals surface area contributed by atoms with Gasteiger partial charge in [0.2, 0.25) is 0 Å². The highest BCUT2D eigenvalue weighted by Crippen LogP contribution is 2.18. The zero-order valence-corrected chi connectivity index (χ0v) is 10.5. The van der Waals surface area contributed by atoms with E-state index in [9.17, 15) is 14.9 Å². The lowest BCUT2D eigenvalue weighted by molar-refractivity contribution is -0.384. The van der Waals surface area contributed by atoms with Crippen molar-refractivity contribution in [3.63, 3.8) is 0 Å². The number of nitro benzene ring substituents is 1. The largest absolute Gasteiger partial charge is 0.293 e. The van der Waals surface area contributed by atoms with Gasteiger partial charge in [0.15, 0.2) is 5.78 Å². The SMILES string of the molecule is O=C(CSc1ccncn1)c1cccc([N+](=O)[O-])c1. The molecular weight excluding hydrogens is 266 g/mol. The maximum atomic E-state index is 11.9. The predicted octanol–water partition coefficient (Wildman–Crippen LogP) is 2.36. The Bertz CT molecular complexity index is 604. The number of aromatic nitrogens is 2. The van der Waals surface area contributed by atoms with Crippen molar-refractivity contribution < 1.29 is 9.72 Å². The van der Waals surface area contributed by atoms with Gasteiger partial charge in [0, 0.05) is 23.9 Å². The van der Waals surface area contributed by atoms with Crippen molar-refractivity contribution in [1.29, 1.82) is 0 Å². The topological polar surface area (TPSA) is 86.0 Å². The van der Waals surface area contributed by atoms with E-state index in [4.69, 9.17) is 0 Å². The van der Waals surface area contributed by atoms with Gasteiger partial charge in [0.1, 0.15) is 6.33 Å². The van der Waals surface area contributed by atoms with Gasteiger partial charge in [-0.15, -0.1) is 0 Å². The number of nitro groups is 1. The van der Waals surface area contributed by atoms with Crippen LogP contribution in [0.2, 0.25) is 0 Å². The van der Waals surface area contributed by atoms with Gasteiger partial charge in [-0.2, -0.15) is 0 Å². The van der Waals surface area contributed by atoms with E-state index in [1.807, 2.05) is 0 Å². The van der Waals surface area contributed by atoms with Crippen LogP contribution >= 0.6 is 11.8 Å². The van der Waals surface area contributed by atoms with Gasteiger partial charge in [-0.1, -0.05) is 23.9 Å². The van der Waals surface area contributed by atoms with Gasteiger partial charge in [-0.25, -0.2) is 9.97 Å². The first-order valence-corrected chi connectivity index (χ1v) is 6.32. The number of thioether (sulfide) groups is 1. The van der Waals surface area contributed by atoms with Gasteiger partial charge in [-0.3, -0.25) is 14.9 Å². The molecule has 2 rings (SSSR count). The molecular formula is C12H9N3O3S. The summed E-state index contributed by atoms with van der Waals surface area (Å²) in [5, 5.41) is 11.3. The van der Waals surface area contributed by atoms with Crippen LogP contribution in [0.3, 0.4) is 0 Å². The third-order valence-corrected chi connectivity index (χ3v) is 3.23. The van der Waals surface area contributed by atoms with E-state index in [0.29, 0.717) is 10.6 Å². The number of carbonyl (C=O) groups excluding carboxylic acids is 1. The number of nitrogens with zero attached hydrogens (tertiary/aromatic N) is 3. The lowest BCUT2D eigenvalue weighted by Crippen LogP contribution is -2.03. The molecule has 0 aliphatic heterocycles. The van der Waals surface area contributed by atoms with E-state index in [2.05, 4.69) is 9.97 Å². The van der Waals surface area contributed by atoms with E-state index >= 15 is 0 Å². The van der Waals surface area contributed by atoms with Crippen molar-refractivity contribution in [2.24, 2.45) is 0 Å². The molecule has 0 aliphatic carbocycles. The zero-order valence-electron chi connectivity index (χ0n) is 9.72. The molecule has 1 aromatic carbocycles. The second-order valence-corrected chi connectivity index (χ2v) is 4.56. The molecule has 0 N–H and O–H groups in total. The number of carbonyl (C=O) groups is 1. The fourth-order valence-electron chi connectivity index (χ4n) is 1.38. The summed E-state index contributed by atoms with van der Waals surface area (Å²) in [6, 6.07) is 7.40. The van der Waals surface area contributed by atoms with Crippen LogP contribution in [0, 0.1) is 10.1 Å². The standard InChI is InChI=1S/C12H9N3O3S/c16-11(7-19-12-4-5-13-8-14-12)9-2-1-3-10(6-9)15(17)18/h1-6,8H,7H2. The molecule has 7 heteroatoms. The molecule has 19 heavy (non-hydrogen) atoms. The van der Waals surface area contributed by atoms with Gasteiger partial charge in [-0.05, 0) is 6.07 Å². The van der Waals surface area contributed by atoms with Crippen LogP contribution in [0.25, 0.3) is 0 Å². The van der Waals surface area contributed by atoms with Crippen LogP contribution in [-0.2, 0) is 0 Å². The Morgan fingerprint density at radius 2 is 2.21 bits per heavy atom. The van der Waals surface area contributed by atoms with Crippen LogP contribution in [0.4, 0.5) is 5.69 Å². The molecule has 0 unspecified atom stereocenters. The lowest BCUT2D eigenvalue weighted by atomic mass is 10.1. The van der Waals surface area contributed by atoms with Crippen LogP contribution in [-0.4, -0.2) is 26.4 Å². The Hall–Kier alpha value is -2.28. The molecule has 0 radical (unpaired) electrons. The molecule has 2 aromatic rings. The van der Waals surface area contributed by atoms with Crippen LogP contribution < -0.4 is 0 Å². The molecule has 0 amide bonds. The van der Waals surface area contributed by atoms with Crippen molar-refractivity contribution in [2.45, 2.75) is 5.03 Å². The van der Waals surface area contributed by atoms with Crippen molar-refractivity contribution in [2.75, 3.05) is 5.75 Å². The molecule has 0 saturated heterocycles. The van der Waals surface area contributed by atoms with Gasteiger partial charge in [0.05, 0.1) is 15.7 Å². The summed E-state index contributed by atoms with van der Waals surface area (Å²) in [6.45, 7) is 0. The minimum atomic E-state index is -0.520. The minimum Gasteiger partial charge on any atom is -0.293 e. The summed E-state index contributed by atoms with van der Waals surface area (Å²) in [4.78, 5) is 29.8. The third kappa shape index (κ3) is 3.59. The number of non-ortho nitro benzene ring substituents is 1. The molecule has 0 fully saturated rings. The molecule has 1 aromatic heterocycles. The summed E-state index contributed by atoms with van der Waals surface area (Å²) >= 11 is 1.27. The number of rotatable bonds is 5. The lowest BCUT2D eigenvalue weighted by Gasteiger charge is -2.00. The van der Waals surface area contributed by atoms with Gasteiger partial charge >= 0.3 is 0 Å². The molecule has 0 atom stereocenters. The Labute approximate surface area is 113 Å². The van der Waals surface area contributed by atoms with E-state index in [1.54, 1.807) is 18.3 Å². The van der Waals surface area contributed by atoms with Crippen molar-refractivity contribution in [3.05, 3.63) is 58.5 Å². The van der Waals surface area contributed by atoms with Gasteiger partial charge in [0.25, 0.3) is 5.69 Å². The highest BCUT2D eigenvalue weighted by molar-refractivity contribution is 7.99. The molecule has 0 aliphatic rings. The van der Waals surface area contributed by atoms with Crippen molar-refractivity contribution in [3.8, 4) is 0 Å². The third-order valence-electron chi connectivity index (χ3n) is 2.28. The fourth-order valence-corrected chi connectivity index (χ4v) is 2.10. The summed E-state index contributed by atoms with van der Waals surface area (Å²) in [5.41, 5.74) is 0.244. The number of hydrogen-bond acceptors (Lipinski definition) is 6. The van der Waals surface area contributed by atoms with Crippen molar-refractivity contribution >= 4 is 23.2 Å². The quantitative estimate of drug-likeness (QED) is 0.274. The Morgan fingerprint density at radius 1 is 1.37 bits per heavy atom. The highest BCUT2D eigenvalue weighted by atomic mass is 32.2. The van der Waals surface area contributed by atoms with E-state index in [1.165, 1.54) is 36.3 Å². The summed E-state index contributed by atoms with van der Waals surface area (Å²) in [5.74, 6) is 0.00497. The molecule has 1 heterocycles. The second kappa shape index (κ2) is 6.05. The van der Waals surface area contributed by atoms with E-state index in [0.717, 1.165) is 0 Å². The first-order valence-electron chi connectivity index (χ1n) is 5.33. The number of hydrogen-bond donors (Lipinski definition) is 0. The maximum absolute atomic E-state index is 11.9. The molecule has 0 spiro atoms. The summed E-state index contributed by atoms with van der Waals surface area (Å²) in [7, 11) is 0. The number of benzene rings is 1. The molecule has 96 valence electrons. The van der Waals surface area contributed by atoms with E-state index in [-0.39, 0.29) is 17.2 Å². The van der Waals surface area contributed by atoms with Crippen LogP contribution in [0.15, 0.2) is 47.9 Å². The Balaban J connectivity index is 2.04. The van der Waals surface area contributed by atoms with Crippen LogP contribution in [0.5, 0.6) is 0 Å². The maximum Gasteiger partial charge on any atom is 0.270 e. The number of ketones is 1. The number of Topliss-reactive ketones (excluding diaryl/α,β-unsaturated/α-hetero) is 1. The molecule has 0 bridgehead atoms. The summed E-state index contributed by atoms with van der Waals surface area (Å²) in [6.07, 6.45) is 2.99. The first-order chi connectivity index (χ1) is 9.16. The van der Waals surface area contributed by atoms with Crippen LogP contribution in [0.1, 0.15) is 10.4 Å². The average Bonchev–Trinajstić information content (AvgIpc) is 2.46. The predicted molar refractivity (Wildman–Crippen MR) is 70.2 cm³/mol. The van der Waals surface area contributed by atoms with E-state index < -0.39 is 4.92 Å². The first kappa shape index (κ1) is 13.2. The Morgan fingerprint density at radius 3 is 2.89 bits per heavy atom. The molecule has 6 nitrogen and oxygen atoms in total. The zero-order chi connectivity index (χ0) is 13.7. The molecule has 0 saturated carbocycles. The fraction of sp³-hybridized carbons (Fsp3) is 0.0833. The monoisotopic (exact) mass is 275 g/mol. The smallest absolute Gasteiger partial charge is 0.270 e. The normalized spacial score (nSPS) is 10.1. The second-order valence-electron chi connectivity index (χ2n) is 3.57. The Kier molecular flexibility index (Phi) is 4.19. The minimum absolute atomic E-state index is 0.0853. The highest BCUT2D eigenvalue weighted by Gasteiger charge is 2.11. The summed E-state index contributed by atoms with van der Waals surface area (Å²) < 4.78 is 0. The van der Waals surface area contributed by atoms with Crippen molar-refractivity contribution in [1.82, 2.24) is 9.97 Å². The average molecular weight is 275 g/mol.